The summed E-state index contributed by atoms with van der Waals surface area (Å²) < 4.78 is 0. The molecule has 0 spiro atoms. The zero-order chi connectivity index (χ0) is 9.26. The predicted octanol–water partition coefficient (Wildman–Crippen LogP) is 0.357. The van der Waals surface area contributed by atoms with Crippen molar-refractivity contribution in [1.82, 2.24) is 19.6 Å². The van der Waals surface area contributed by atoms with Crippen molar-refractivity contribution in [2.75, 3.05) is 40.0 Å². The molecule has 4 heterocycles. The van der Waals surface area contributed by atoms with Gasteiger partial charge in [0.25, 0.3) is 0 Å². The Labute approximate surface area is 94.0 Å². The summed E-state index contributed by atoms with van der Waals surface area (Å²) in [5.74, 6) is 0. The number of rotatable bonds is 0. The fraction of sp³-hybridized carbons (Fsp3) is 1.00. The van der Waals surface area contributed by atoms with Crippen LogP contribution in [0.2, 0.25) is 0 Å². The van der Waals surface area contributed by atoms with Gasteiger partial charge in [0.1, 0.15) is 0 Å². The molecule has 4 fully saturated rings. The first-order valence-electron chi connectivity index (χ1n) is 4.33. The van der Waals surface area contributed by atoms with Gasteiger partial charge in [0.2, 0.25) is 0 Å². The number of halogens is 2. The van der Waals surface area contributed by atoms with E-state index in [0.717, 1.165) is 0 Å². The Balaban J connectivity index is 0.000000196. The van der Waals surface area contributed by atoms with E-state index in [1.165, 1.54) is 40.0 Å². The first kappa shape index (κ1) is 10.6. The van der Waals surface area contributed by atoms with Crippen molar-refractivity contribution in [3.8, 4) is 0 Å². The van der Waals surface area contributed by atoms with Gasteiger partial charge in [0.15, 0.2) is 0 Å². The maximum atomic E-state index is 4.95. The molecule has 0 amide bonds. The molecule has 0 aromatic heterocycles. The summed E-state index contributed by atoms with van der Waals surface area (Å²) in [7, 11) is 9.90. The SMILES string of the molecule is C1N2CN3CN1CN(C2)C3.[Cl][Zn][Cl]. The molecule has 0 radical (unpaired) electrons. The molecule has 0 aromatic rings. The fourth-order valence-corrected chi connectivity index (χ4v) is 2.23. The summed E-state index contributed by atoms with van der Waals surface area (Å²) >= 11 is -0.931. The Kier molecular flexibility index (Phi) is 3.82. The number of nitrogens with zero attached hydrogens (tertiary/aromatic N) is 4. The van der Waals surface area contributed by atoms with Crippen LogP contribution in [-0.4, -0.2) is 59.6 Å². The van der Waals surface area contributed by atoms with Crippen LogP contribution in [0.1, 0.15) is 0 Å². The molecular weight excluding hydrogens is 264 g/mol. The van der Waals surface area contributed by atoms with Gasteiger partial charge in [-0.3, -0.25) is 19.6 Å². The number of hydrogen-bond acceptors (Lipinski definition) is 4. The molecule has 4 bridgehead atoms. The van der Waals surface area contributed by atoms with Crippen molar-refractivity contribution in [2.24, 2.45) is 0 Å². The molecule has 4 saturated heterocycles. The molecule has 4 nitrogen and oxygen atoms in total. The summed E-state index contributed by atoms with van der Waals surface area (Å²) in [6.45, 7) is 7.12. The first-order valence-corrected chi connectivity index (χ1v) is 12.1. The average molecular weight is 276 g/mol. The molecule has 7 heteroatoms. The van der Waals surface area contributed by atoms with Gasteiger partial charge in [-0.1, -0.05) is 0 Å². The van der Waals surface area contributed by atoms with Crippen molar-refractivity contribution in [2.45, 2.75) is 0 Å². The Bertz CT molecular complexity index is 125. The monoisotopic (exact) mass is 274 g/mol. The zero-order valence-electron chi connectivity index (χ0n) is 7.49. The second kappa shape index (κ2) is 4.71. The summed E-state index contributed by atoms with van der Waals surface area (Å²) in [5, 5.41) is 0. The Morgan fingerprint density at radius 3 is 0.923 bits per heavy atom. The van der Waals surface area contributed by atoms with E-state index in [-0.39, 0.29) is 0 Å². The summed E-state index contributed by atoms with van der Waals surface area (Å²) in [4.78, 5) is 9.88. The van der Waals surface area contributed by atoms with Crippen molar-refractivity contribution < 1.29 is 15.1 Å². The third-order valence-electron chi connectivity index (χ3n) is 2.40. The molecule has 0 saturated carbocycles. The third kappa shape index (κ3) is 2.54. The van der Waals surface area contributed by atoms with E-state index < -0.39 is 15.1 Å². The van der Waals surface area contributed by atoms with Crippen molar-refractivity contribution in [3.63, 3.8) is 0 Å². The summed E-state index contributed by atoms with van der Waals surface area (Å²) in [6.07, 6.45) is 0. The normalized spacial score (nSPS) is 45.1. The second-order valence-electron chi connectivity index (χ2n) is 3.63. The van der Waals surface area contributed by atoms with Gasteiger partial charge >= 0.3 is 34.5 Å². The van der Waals surface area contributed by atoms with E-state index in [1.54, 1.807) is 0 Å². The molecule has 13 heavy (non-hydrogen) atoms. The van der Waals surface area contributed by atoms with Crippen LogP contribution in [0.25, 0.3) is 0 Å². The van der Waals surface area contributed by atoms with Crippen LogP contribution in [0, 0.1) is 0 Å². The van der Waals surface area contributed by atoms with Crippen LogP contribution in [0.4, 0.5) is 0 Å². The van der Waals surface area contributed by atoms with Gasteiger partial charge in [0.05, 0.1) is 40.0 Å². The van der Waals surface area contributed by atoms with Crippen molar-refractivity contribution in [1.29, 1.82) is 0 Å². The topological polar surface area (TPSA) is 13.0 Å². The van der Waals surface area contributed by atoms with Crippen LogP contribution >= 0.6 is 19.4 Å². The van der Waals surface area contributed by atoms with Gasteiger partial charge < -0.3 is 0 Å². The van der Waals surface area contributed by atoms with Crippen LogP contribution in [0.3, 0.4) is 0 Å². The van der Waals surface area contributed by atoms with Crippen LogP contribution in [-0.2, 0) is 15.1 Å². The van der Waals surface area contributed by atoms with E-state index in [0.29, 0.717) is 0 Å². The van der Waals surface area contributed by atoms with Crippen molar-refractivity contribution >= 4 is 19.4 Å². The molecule has 0 aromatic carbocycles. The predicted molar refractivity (Wildman–Crippen MR) is 48.3 cm³/mol. The average Bonchev–Trinajstić information content (AvgIpc) is 2.01. The van der Waals surface area contributed by atoms with Gasteiger partial charge in [-0.25, -0.2) is 0 Å². The molecule has 4 aliphatic heterocycles. The maximum absolute atomic E-state index is 4.95. The molecule has 72 valence electrons. The molecule has 0 N–H and O–H groups in total. The van der Waals surface area contributed by atoms with Crippen LogP contribution in [0.5, 0.6) is 0 Å². The third-order valence-corrected chi connectivity index (χ3v) is 2.40. The van der Waals surface area contributed by atoms with Gasteiger partial charge in [-0.2, -0.15) is 0 Å². The molecule has 0 atom stereocenters. The molecule has 4 aliphatic rings. The summed E-state index contributed by atoms with van der Waals surface area (Å²) in [6, 6.07) is 0. The zero-order valence-corrected chi connectivity index (χ0v) is 12.0. The Morgan fingerprint density at radius 1 is 0.615 bits per heavy atom. The Hall–Kier alpha value is 1.04. The van der Waals surface area contributed by atoms with Crippen LogP contribution in [0.15, 0.2) is 0 Å². The first-order chi connectivity index (χ1) is 6.31. The van der Waals surface area contributed by atoms with Gasteiger partial charge in [-0.15, -0.1) is 0 Å². The number of hydrogen-bond donors (Lipinski definition) is 0. The van der Waals surface area contributed by atoms with E-state index >= 15 is 0 Å². The molecular formula is C6H12Cl2N4Zn. The van der Waals surface area contributed by atoms with Crippen molar-refractivity contribution in [3.05, 3.63) is 0 Å². The fourth-order valence-electron chi connectivity index (χ4n) is 2.23. The van der Waals surface area contributed by atoms with E-state index in [9.17, 15) is 0 Å². The quantitative estimate of drug-likeness (QED) is 0.592. The molecule has 0 aliphatic carbocycles. The molecule has 0 unspecified atom stereocenters. The van der Waals surface area contributed by atoms with Gasteiger partial charge in [0, 0.05) is 0 Å². The second-order valence-corrected chi connectivity index (χ2v) is 8.26. The summed E-state index contributed by atoms with van der Waals surface area (Å²) in [5.41, 5.74) is 0. The standard InChI is InChI=1S/C6H12N4.2ClH.Zn/c1-7-2-9-4-8(1)5-10(3-7)6-9;;;/h1-6H2;2*1H;/q;;;+2/p-2. The van der Waals surface area contributed by atoms with E-state index in [2.05, 4.69) is 19.6 Å². The van der Waals surface area contributed by atoms with E-state index in [1.807, 2.05) is 0 Å². The van der Waals surface area contributed by atoms with E-state index in [4.69, 9.17) is 19.4 Å². The van der Waals surface area contributed by atoms with Crippen LogP contribution < -0.4 is 0 Å². The molecule has 4 rings (SSSR count). The van der Waals surface area contributed by atoms with Gasteiger partial charge in [-0.05, 0) is 0 Å². The Morgan fingerprint density at radius 2 is 0.769 bits per heavy atom. The minimum atomic E-state index is -0.931. The minimum absolute atomic E-state index is 0.931.